The van der Waals surface area contributed by atoms with Gasteiger partial charge in [0.2, 0.25) is 5.91 Å². The molecule has 0 radical (unpaired) electrons. The minimum absolute atomic E-state index is 0.0590. The van der Waals surface area contributed by atoms with Crippen molar-refractivity contribution in [2.24, 2.45) is 0 Å². The molecule has 0 fully saturated rings. The summed E-state index contributed by atoms with van der Waals surface area (Å²) in [6.45, 7) is 2.24. The molecule has 24 heavy (non-hydrogen) atoms. The lowest BCUT2D eigenvalue weighted by atomic mass is 10.1. The molecule has 1 amide bonds. The van der Waals surface area contributed by atoms with Crippen LogP contribution in [0, 0.1) is 0 Å². The number of rotatable bonds is 6. The van der Waals surface area contributed by atoms with Crippen molar-refractivity contribution in [3.05, 3.63) is 66.9 Å². The van der Waals surface area contributed by atoms with Gasteiger partial charge in [0.15, 0.2) is 0 Å². The maximum absolute atomic E-state index is 12.2. The van der Waals surface area contributed by atoms with Crippen molar-refractivity contribution in [1.82, 2.24) is 15.3 Å². The summed E-state index contributed by atoms with van der Waals surface area (Å²) in [6, 6.07) is 15.4. The van der Waals surface area contributed by atoms with Crippen LogP contribution in [0.15, 0.2) is 70.6 Å². The van der Waals surface area contributed by atoms with Crippen LogP contribution >= 0.6 is 11.8 Å². The average Bonchev–Trinajstić information content (AvgIpc) is 3.14. The highest BCUT2D eigenvalue weighted by atomic mass is 32.2. The second-order valence-electron chi connectivity index (χ2n) is 5.16. The minimum atomic E-state index is -0.265. The van der Waals surface area contributed by atoms with Crippen molar-refractivity contribution in [3.8, 4) is 11.3 Å². The number of hydrogen-bond donors (Lipinski definition) is 1. The fraction of sp³-hybridized carbons (Fsp3) is 0.167. The van der Waals surface area contributed by atoms with Crippen LogP contribution in [-0.2, 0) is 11.3 Å². The third kappa shape index (κ3) is 4.23. The number of carbonyl (C=O) groups excluding carboxylic acids is 1. The smallest absolute Gasteiger partial charge is 0.233 e. The molecule has 1 N–H and O–H groups in total. The highest BCUT2D eigenvalue weighted by Gasteiger charge is 2.15. The van der Waals surface area contributed by atoms with Gasteiger partial charge in [-0.05, 0) is 25.1 Å². The summed E-state index contributed by atoms with van der Waals surface area (Å²) in [5, 5.41) is 3.36. The quantitative estimate of drug-likeness (QED) is 0.549. The van der Waals surface area contributed by atoms with Gasteiger partial charge in [0.25, 0.3) is 0 Å². The van der Waals surface area contributed by atoms with Gasteiger partial charge < -0.3 is 9.73 Å². The summed E-state index contributed by atoms with van der Waals surface area (Å²) in [4.78, 5) is 20.7. The number of furan rings is 1. The van der Waals surface area contributed by atoms with E-state index in [0.29, 0.717) is 6.54 Å². The number of amides is 1. The van der Waals surface area contributed by atoms with E-state index in [0.717, 1.165) is 22.0 Å². The highest BCUT2D eigenvalue weighted by Crippen LogP contribution is 2.25. The van der Waals surface area contributed by atoms with Crippen LogP contribution in [0.1, 0.15) is 12.7 Å². The van der Waals surface area contributed by atoms with E-state index in [-0.39, 0.29) is 11.2 Å². The molecular formula is C18H17N3O2S. The molecule has 0 aliphatic rings. The van der Waals surface area contributed by atoms with E-state index >= 15 is 0 Å². The van der Waals surface area contributed by atoms with Gasteiger partial charge >= 0.3 is 0 Å². The van der Waals surface area contributed by atoms with Crippen molar-refractivity contribution in [3.63, 3.8) is 0 Å². The van der Waals surface area contributed by atoms with Crippen molar-refractivity contribution in [1.29, 1.82) is 0 Å². The molecule has 0 aliphatic heterocycles. The van der Waals surface area contributed by atoms with Crippen LogP contribution in [0.3, 0.4) is 0 Å². The summed E-state index contributed by atoms with van der Waals surface area (Å²) in [5.41, 5.74) is 1.87. The van der Waals surface area contributed by atoms with E-state index in [1.807, 2.05) is 49.4 Å². The van der Waals surface area contributed by atoms with E-state index in [4.69, 9.17) is 4.42 Å². The van der Waals surface area contributed by atoms with Gasteiger partial charge in [-0.1, -0.05) is 42.1 Å². The maximum atomic E-state index is 12.2. The molecule has 1 atom stereocenters. The van der Waals surface area contributed by atoms with Crippen molar-refractivity contribution >= 4 is 17.7 Å². The summed E-state index contributed by atoms with van der Waals surface area (Å²) in [7, 11) is 0. The predicted molar refractivity (Wildman–Crippen MR) is 93.3 cm³/mol. The lowest BCUT2D eigenvalue weighted by molar-refractivity contribution is -0.120. The molecule has 0 unspecified atom stereocenters. The monoisotopic (exact) mass is 339 g/mol. The molecule has 3 rings (SSSR count). The van der Waals surface area contributed by atoms with Gasteiger partial charge in [-0.2, -0.15) is 0 Å². The van der Waals surface area contributed by atoms with Gasteiger partial charge in [-0.15, -0.1) is 0 Å². The summed E-state index contributed by atoms with van der Waals surface area (Å²) in [6.07, 6.45) is 3.11. The summed E-state index contributed by atoms with van der Waals surface area (Å²) < 4.78 is 5.20. The Morgan fingerprint density at radius 2 is 2.04 bits per heavy atom. The summed E-state index contributed by atoms with van der Waals surface area (Å²) >= 11 is 1.40. The van der Waals surface area contributed by atoms with E-state index in [9.17, 15) is 4.79 Å². The van der Waals surface area contributed by atoms with E-state index in [1.165, 1.54) is 18.1 Å². The number of nitrogens with zero attached hydrogens (tertiary/aromatic N) is 2. The van der Waals surface area contributed by atoms with Crippen LogP contribution in [-0.4, -0.2) is 21.1 Å². The molecule has 0 saturated heterocycles. The molecule has 6 heteroatoms. The van der Waals surface area contributed by atoms with Gasteiger partial charge in [0.1, 0.15) is 17.1 Å². The first kappa shape index (κ1) is 16.3. The van der Waals surface area contributed by atoms with Gasteiger partial charge in [-0.3, -0.25) is 4.79 Å². The molecule has 2 aromatic heterocycles. The second kappa shape index (κ2) is 7.79. The van der Waals surface area contributed by atoms with Crippen LogP contribution in [0.5, 0.6) is 0 Å². The molecule has 0 spiro atoms. The lowest BCUT2D eigenvalue weighted by Crippen LogP contribution is -2.30. The summed E-state index contributed by atoms with van der Waals surface area (Å²) in [5.74, 6) is 0.672. The number of nitrogens with one attached hydrogen (secondary N) is 1. The Morgan fingerprint density at radius 3 is 2.79 bits per heavy atom. The number of benzene rings is 1. The third-order valence-electron chi connectivity index (χ3n) is 3.40. The van der Waals surface area contributed by atoms with Crippen LogP contribution in [0.25, 0.3) is 11.3 Å². The van der Waals surface area contributed by atoms with Gasteiger partial charge in [0, 0.05) is 5.56 Å². The predicted octanol–water partition coefficient (Wildman–Crippen LogP) is 3.53. The molecular weight excluding hydrogens is 322 g/mol. The van der Waals surface area contributed by atoms with E-state index in [1.54, 1.807) is 12.3 Å². The Bertz CT molecular complexity index is 791. The fourth-order valence-electron chi connectivity index (χ4n) is 2.14. The third-order valence-corrected chi connectivity index (χ3v) is 4.43. The van der Waals surface area contributed by atoms with Gasteiger partial charge in [-0.25, -0.2) is 9.97 Å². The number of hydrogen-bond acceptors (Lipinski definition) is 5. The lowest BCUT2D eigenvalue weighted by Gasteiger charge is -2.11. The zero-order chi connectivity index (χ0) is 16.8. The first-order valence-electron chi connectivity index (χ1n) is 7.56. The topological polar surface area (TPSA) is 68.0 Å². The molecule has 3 aromatic rings. The standard InChI is InChI=1S/C18H17N3O2S/c1-13(18(22)19-11-15-8-5-9-23-15)24-17-10-16(20-12-21-17)14-6-3-2-4-7-14/h2-10,12-13H,11H2,1H3,(H,19,22)/t13-/m1/s1. The first-order valence-corrected chi connectivity index (χ1v) is 8.44. The number of thioether (sulfide) groups is 1. The van der Waals surface area contributed by atoms with Crippen molar-refractivity contribution in [2.45, 2.75) is 23.7 Å². The molecule has 1 aromatic carbocycles. The Hall–Kier alpha value is -2.60. The van der Waals surface area contributed by atoms with Crippen LogP contribution in [0.2, 0.25) is 0 Å². The van der Waals surface area contributed by atoms with E-state index < -0.39 is 0 Å². The zero-order valence-corrected chi connectivity index (χ0v) is 14.0. The molecule has 0 bridgehead atoms. The Morgan fingerprint density at radius 1 is 1.21 bits per heavy atom. The van der Waals surface area contributed by atoms with E-state index in [2.05, 4.69) is 15.3 Å². The van der Waals surface area contributed by atoms with Crippen molar-refractivity contribution in [2.75, 3.05) is 0 Å². The Labute approximate surface area is 144 Å². The number of aromatic nitrogens is 2. The molecule has 0 saturated carbocycles. The zero-order valence-electron chi connectivity index (χ0n) is 13.2. The molecule has 5 nitrogen and oxygen atoms in total. The van der Waals surface area contributed by atoms with Crippen molar-refractivity contribution < 1.29 is 9.21 Å². The molecule has 122 valence electrons. The first-order chi connectivity index (χ1) is 11.7. The molecule has 2 heterocycles. The average molecular weight is 339 g/mol. The van der Waals surface area contributed by atoms with Gasteiger partial charge in [0.05, 0.1) is 23.8 Å². The van der Waals surface area contributed by atoms with Crippen LogP contribution < -0.4 is 5.32 Å². The fourth-order valence-corrected chi connectivity index (χ4v) is 2.98. The maximum Gasteiger partial charge on any atom is 0.233 e. The Balaban J connectivity index is 1.61. The molecule has 0 aliphatic carbocycles. The second-order valence-corrected chi connectivity index (χ2v) is 6.53. The largest absolute Gasteiger partial charge is 0.467 e. The number of carbonyl (C=O) groups is 1. The Kier molecular flexibility index (Phi) is 5.28. The highest BCUT2D eigenvalue weighted by molar-refractivity contribution is 8.00. The normalized spacial score (nSPS) is 11.9. The SMILES string of the molecule is C[C@@H](Sc1cc(-c2ccccc2)ncn1)C(=O)NCc1ccco1. The van der Waals surface area contributed by atoms with Crippen LogP contribution in [0.4, 0.5) is 0 Å². The minimum Gasteiger partial charge on any atom is -0.467 e.